The zero-order valence-electron chi connectivity index (χ0n) is 12.3. The predicted molar refractivity (Wildman–Crippen MR) is 76.0 cm³/mol. The van der Waals surface area contributed by atoms with Gasteiger partial charge < -0.3 is 10.1 Å². The summed E-state index contributed by atoms with van der Waals surface area (Å²) in [5, 5.41) is 3.38. The highest BCUT2D eigenvalue weighted by Crippen LogP contribution is 2.49. The summed E-state index contributed by atoms with van der Waals surface area (Å²) in [6, 6.07) is 5.25. The minimum absolute atomic E-state index is 0.174. The van der Waals surface area contributed by atoms with Crippen molar-refractivity contribution >= 4 is 0 Å². The number of hydrogen-bond acceptors (Lipinski definition) is 2. The standard InChI is InChI=1S/C16H24FNO/c1-5-16(6-2)14(18-4)10-15(16)19-13-9-12(17)8-7-11(13)3/h7-9,14-15,18H,5-6,10H2,1-4H3. The van der Waals surface area contributed by atoms with E-state index in [-0.39, 0.29) is 17.3 Å². The molecule has 0 amide bonds. The van der Waals surface area contributed by atoms with Crippen LogP contribution < -0.4 is 10.1 Å². The number of ether oxygens (including phenoxy) is 1. The van der Waals surface area contributed by atoms with E-state index in [2.05, 4.69) is 19.2 Å². The highest BCUT2D eigenvalue weighted by atomic mass is 19.1. The van der Waals surface area contributed by atoms with Crippen LogP contribution in [0.5, 0.6) is 5.75 Å². The van der Waals surface area contributed by atoms with Crippen LogP contribution >= 0.6 is 0 Å². The van der Waals surface area contributed by atoms with E-state index >= 15 is 0 Å². The Kier molecular flexibility index (Phi) is 4.14. The third-order valence-corrected chi connectivity index (χ3v) is 4.87. The van der Waals surface area contributed by atoms with Crippen molar-refractivity contribution in [2.24, 2.45) is 5.41 Å². The van der Waals surface area contributed by atoms with Crippen LogP contribution in [0, 0.1) is 18.2 Å². The summed E-state index contributed by atoms with van der Waals surface area (Å²) >= 11 is 0. The second-order valence-corrected chi connectivity index (χ2v) is 5.53. The molecule has 1 aromatic carbocycles. The molecule has 0 heterocycles. The van der Waals surface area contributed by atoms with Crippen LogP contribution in [0.25, 0.3) is 0 Å². The third-order valence-electron chi connectivity index (χ3n) is 4.87. The molecule has 0 aromatic heterocycles. The molecule has 2 nitrogen and oxygen atoms in total. The topological polar surface area (TPSA) is 21.3 Å². The molecule has 1 aliphatic rings. The molecule has 106 valence electrons. The summed E-state index contributed by atoms with van der Waals surface area (Å²) < 4.78 is 19.4. The van der Waals surface area contributed by atoms with Crippen LogP contribution in [0.1, 0.15) is 38.7 Å². The zero-order chi connectivity index (χ0) is 14.0. The number of halogens is 1. The average molecular weight is 265 g/mol. The van der Waals surface area contributed by atoms with E-state index in [1.165, 1.54) is 12.1 Å². The van der Waals surface area contributed by atoms with Gasteiger partial charge in [-0.2, -0.15) is 0 Å². The molecule has 0 saturated heterocycles. The molecule has 1 aromatic rings. The number of hydrogen-bond donors (Lipinski definition) is 1. The number of rotatable bonds is 5. The lowest BCUT2D eigenvalue weighted by atomic mass is 9.58. The zero-order valence-corrected chi connectivity index (χ0v) is 12.3. The quantitative estimate of drug-likeness (QED) is 0.877. The fraction of sp³-hybridized carbons (Fsp3) is 0.625. The van der Waals surface area contributed by atoms with Crippen molar-refractivity contribution in [3.63, 3.8) is 0 Å². The fourth-order valence-corrected chi connectivity index (χ4v) is 3.37. The molecule has 19 heavy (non-hydrogen) atoms. The lowest BCUT2D eigenvalue weighted by Gasteiger charge is -2.55. The smallest absolute Gasteiger partial charge is 0.126 e. The molecule has 0 bridgehead atoms. The first kappa shape index (κ1) is 14.3. The average Bonchev–Trinajstić information content (AvgIpc) is 2.39. The van der Waals surface area contributed by atoms with E-state index in [1.807, 2.05) is 14.0 Å². The minimum Gasteiger partial charge on any atom is -0.489 e. The molecule has 1 saturated carbocycles. The molecule has 1 N–H and O–H groups in total. The van der Waals surface area contributed by atoms with E-state index < -0.39 is 0 Å². The fourth-order valence-electron chi connectivity index (χ4n) is 3.37. The van der Waals surface area contributed by atoms with Crippen LogP contribution in [0.15, 0.2) is 18.2 Å². The predicted octanol–water partition coefficient (Wildman–Crippen LogP) is 3.68. The van der Waals surface area contributed by atoms with Crippen molar-refractivity contribution < 1.29 is 9.13 Å². The van der Waals surface area contributed by atoms with E-state index in [0.29, 0.717) is 11.8 Å². The van der Waals surface area contributed by atoms with Gasteiger partial charge in [-0.1, -0.05) is 19.9 Å². The van der Waals surface area contributed by atoms with Crippen LogP contribution in [0.4, 0.5) is 4.39 Å². The molecule has 2 atom stereocenters. The van der Waals surface area contributed by atoms with Gasteiger partial charge in [0.2, 0.25) is 0 Å². The van der Waals surface area contributed by atoms with E-state index in [9.17, 15) is 4.39 Å². The molecule has 2 rings (SSSR count). The summed E-state index contributed by atoms with van der Waals surface area (Å²) in [6.45, 7) is 6.38. The maximum Gasteiger partial charge on any atom is 0.126 e. The molecular formula is C16H24FNO. The lowest BCUT2D eigenvalue weighted by molar-refractivity contribution is -0.0839. The van der Waals surface area contributed by atoms with Gasteiger partial charge in [-0.3, -0.25) is 0 Å². The molecule has 0 spiro atoms. The van der Waals surface area contributed by atoms with Gasteiger partial charge >= 0.3 is 0 Å². The lowest BCUT2D eigenvalue weighted by Crippen LogP contribution is -2.63. The second kappa shape index (κ2) is 5.49. The number of nitrogens with one attached hydrogen (secondary N) is 1. The van der Waals surface area contributed by atoms with Crippen molar-refractivity contribution in [2.45, 2.75) is 52.2 Å². The van der Waals surface area contributed by atoms with Gasteiger partial charge in [0.25, 0.3) is 0 Å². The van der Waals surface area contributed by atoms with Gasteiger partial charge in [0, 0.05) is 23.9 Å². The molecule has 0 radical (unpaired) electrons. The van der Waals surface area contributed by atoms with Crippen LogP contribution in [0.2, 0.25) is 0 Å². The summed E-state index contributed by atoms with van der Waals surface area (Å²) in [5.41, 5.74) is 1.17. The molecular weight excluding hydrogens is 241 g/mol. The molecule has 2 unspecified atom stereocenters. The van der Waals surface area contributed by atoms with Crippen molar-refractivity contribution in [2.75, 3.05) is 7.05 Å². The van der Waals surface area contributed by atoms with Gasteiger partial charge in [0.15, 0.2) is 0 Å². The summed E-state index contributed by atoms with van der Waals surface area (Å²) in [6.07, 6.45) is 3.33. The maximum absolute atomic E-state index is 13.3. The van der Waals surface area contributed by atoms with Gasteiger partial charge in [0.05, 0.1) is 0 Å². The van der Waals surface area contributed by atoms with E-state index in [4.69, 9.17) is 4.74 Å². The van der Waals surface area contributed by atoms with E-state index in [0.717, 1.165) is 24.8 Å². The van der Waals surface area contributed by atoms with Crippen LogP contribution in [-0.2, 0) is 0 Å². The SMILES string of the molecule is CCC1(CC)C(NC)CC1Oc1cc(F)ccc1C. The second-order valence-electron chi connectivity index (χ2n) is 5.53. The highest BCUT2D eigenvalue weighted by Gasteiger charge is 2.53. The molecule has 1 fully saturated rings. The van der Waals surface area contributed by atoms with Gasteiger partial charge in [-0.25, -0.2) is 4.39 Å². The highest BCUT2D eigenvalue weighted by molar-refractivity contribution is 5.33. The summed E-state index contributed by atoms with van der Waals surface area (Å²) in [7, 11) is 2.01. The number of benzene rings is 1. The van der Waals surface area contributed by atoms with Crippen molar-refractivity contribution in [1.29, 1.82) is 0 Å². The summed E-state index contributed by atoms with van der Waals surface area (Å²) in [4.78, 5) is 0. The summed E-state index contributed by atoms with van der Waals surface area (Å²) in [5.74, 6) is 0.453. The monoisotopic (exact) mass is 265 g/mol. The van der Waals surface area contributed by atoms with Crippen LogP contribution in [0.3, 0.4) is 0 Å². The van der Waals surface area contributed by atoms with Gasteiger partial charge in [-0.05, 0) is 38.4 Å². The molecule has 1 aliphatic carbocycles. The minimum atomic E-state index is -0.233. The van der Waals surface area contributed by atoms with Crippen molar-refractivity contribution in [3.05, 3.63) is 29.6 Å². The van der Waals surface area contributed by atoms with Gasteiger partial charge in [0.1, 0.15) is 17.7 Å². The largest absolute Gasteiger partial charge is 0.489 e. The molecule has 3 heteroatoms. The Balaban J connectivity index is 2.17. The first-order chi connectivity index (χ1) is 9.07. The first-order valence-electron chi connectivity index (χ1n) is 7.17. The first-order valence-corrected chi connectivity index (χ1v) is 7.17. The van der Waals surface area contributed by atoms with Gasteiger partial charge in [-0.15, -0.1) is 0 Å². The Labute approximate surface area is 115 Å². The van der Waals surface area contributed by atoms with E-state index in [1.54, 1.807) is 6.07 Å². The molecule has 0 aliphatic heterocycles. The Morgan fingerprint density at radius 3 is 2.63 bits per heavy atom. The Bertz CT molecular complexity index is 442. The Hall–Kier alpha value is -1.09. The normalized spacial score (nSPS) is 24.9. The van der Waals surface area contributed by atoms with Crippen molar-refractivity contribution in [3.8, 4) is 5.75 Å². The van der Waals surface area contributed by atoms with Crippen molar-refractivity contribution in [1.82, 2.24) is 5.32 Å². The Morgan fingerprint density at radius 1 is 1.37 bits per heavy atom. The Morgan fingerprint density at radius 2 is 2.05 bits per heavy atom. The van der Waals surface area contributed by atoms with Crippen LogP contribution in [-0.4, -0.2) is 19.2 Å². The number of aryl methyl sites for hydroxylation is 1. The third kappa shape index (κ3) is 2.36. The maximum atomic E-state index is 13.3.